The summed E-state index contributed by atoms with van der Waals surface area (Å²) in [7, 11) is 0. The lowest BCUT2D eigenvalue weighted by Gasteiger charge is -2.11. The number of fused-ring (bicyclic) bond motifs is 1. The van der Waals surface area contributed by atoms with Gasteiger partial charge in [-0.3, -0.25) is 5.10 Å². The molecule has 0 aliphatic carbocycles. The Kier molecular flexibility index (Phi) is 5.04. The number of aliphatic hydroxyl groups excluding tert-OH is 1. The summed E-state index contributed by atoms with van der Waals surface area (Å²) in [5.74, 6) is -1.39. The molecular formula is C14H12F2IN5O2. The molecule has 1 unspecified atom stereocenters. The Morgan fingerprint density at radius 2 is 2.17 bits per heavy atom. The normalized spacial score (nSPS) is 12.3. The number of aliphatic hydroxyl groups is 1. The van der Waals surface area contributed by atoms with Crippen LogP contribution in [-0.4, -0.2) is 42.3 Å². The molecule has 2 aromatic heterocycles. The van der Waals surface area contributed by atoms with Gasteiger partial charge in [-0.05, 0) is 12.1 Å². The third-order valence-corrected chi connectivity index (χ3v) is 4.08. The van der Waals surface area contributed by atoms with Crippen LogP contribution < -0.4 is 10.1 Å². The fourth-order valence-electron chi connectivity index (χ4n) is 1.92. The average molecular weight is 447 g/mol. The van der Waals surface area contributed by atoms with Gasteiger partial charge in [0.1, 0.15) is 11.6 Å². The first-order valence-corrected chi connectivity index (χ1v) is 8.41. The Bertz CT molecular complexity index is 860. The number of rotatable bonds is 6. The number of halogens is 3. The maximum absolute atomic E-state index is 13.7. The van der Waals surface area contributed by atoms with E-state index in [4.69, 9.17) is 4.74 Å². The molecular weight excluding hydrogens is 435 g/mol. The van der Waals surface area contributed by atoms with Gasteiger partial charge in [-0.25, -0.2) is 8.78 Å². The minimum atomic E-state index is -0.863. The SMILES string of the molecule is OC(CI)CNc1nc(Oc2ccc(F)cc2F)nc2[nH]ncc12. The number of aromatic nitrogens is 4. The summed E-state index contributed by atoms with van der Waals surface area (Å²) in [5.41, 5.74) is 0.383. The maximum atomic E-state index is 13.7. The van der Waals surface area contributed by atoms with Crippen LogP contribution in [-0.2, 0) is 0 Å². The Morgan fingerprint density at radius 1 is 1.33 bits per heavy atom. The zero-order valence-corrected chi connectivity index (χ0v) is 14.3. The molecule has 0 amide bonds. The minimum absolute atomic E-state index is 0.135. The standard InChI is InChI=1S/C14H12F2IN5O2/c15-7-1-2-11(10(16)3-7)24-14-20-12(18-5-8(23)4-17)9-6-19-22-13(9)21-14/h1-3,6,8,23H,4-5H2,(H2,18,19,20,21,22). The van der Waals surface area contributed by atoms with Crippen LogP contribution >= 0.6 is 22.6 Å². The summed E-state index contributed by atoms with van der Waals surface area (Å²) < 4.78 is 32.5. The molecule has 24 heavy (non-hydrogen) atoms. The number of nitrogens with one attached hydrogen (secondary N) is 2. The first-order valence-electron chi connectivity index (χ1n) is 6.88. The first kappa shape index (κ1) is 16.8. The lowest BCUT2D eigenvalue weighted by Crippen LogP contribution is -2.21. The lowest BCUT2D eigenvalue weighted by atomic mass is 10.3. The Balaban J connectivity index is 1.90. The average Bonchev–Trinajstić information content (AvgIpc) is 3.03. The van der Waals surface area contributed by atoms with E-state index in [0.29, 0.717) is 27.3 Å². The molecule has 3 rings (SSSR count). The van der Waals surface area contributed by atoms with Crippen molar-refractivity contribution in [2.45, 2.75) is 6.10 Å². The van der Waals surface area contributed by atoms with Crippen molar-refractivity contribution in [2.24, 2.45) is 0 Å². The number of nitrogens with zero attached hydrogens (tertiary/aromatic N) is 3. The van der Waals surface area contributed by atoms with Crippen LogP contribution in [0.4, 0.5) is 14.6 Å². The highest BCUT2D eigenvalue weighted by Gasteiger charge is 2.14. The van der Waals surface area contributed by atoms with E-state index in [2.05, 4.69) is 48.1 Å². The van der Waals surface area contributed by atoms with Crippen LogP contribution in [0.5, 0.6) is 11.8 Å². The van der Waals surface area contributed by atoms with E-state index >= 15 is 0 Å². The Labute approximate surface area is 148 Å². The van der Waals surface area contributed by atoms with Crippen molar-refractivity contribution < 1.29 is 18.6 Å². The van der Waals surface area contributed by atoms with Crippen LogP contribution in [0.1, 0.15) is 0 Å². The van der Waals surface area contributed by atoms with Crippen molar-refractivity contribution in [1.29, 1.82) is 0 Å². The van der Waals surface area contributed by atoms with Crippen molar-refractivity contribution in [1.82, 2.24) is 20.2 Å². The minimum Gasteiger partial charge on any atom is -0.421 e. The van der Waals surface area contributed by atoms with Crippen molar-refractivity contribution in [3.05, 3.63) is 36.0 Å². The number of H-pyrrole nitrogens is 1. The van der Waals surface area contributed by atoms with E-state index in [9.17, 15) is 13.9 Å². The molecule has 126 valence electrons. The largest absolute Gasteiger partial charge is 0.421 e. The van der Waals surface area contributed by atoms with Gasteiger partial charge in [0, 0.05) is 17.0 Å². The second kappa shape index (κ2) is 7.21. The number of alkyl halides is 1. The van der Waals surface area contributed by atoms with E-state index in [0.717, 1.165) is 12.1 Å². The molecule has 1 atom stereocenters. The third-order valence-electron chi connectivity index (χ3n) is 3.07. The Hall–Kier alpha value is -2.08. The molecule has 3 N–H and O–H groups in total. The molecule has 3 aromatic rings. The van der Waals surface area contributed by atoms with E-state index in [1.54, 1.807) is 0 Å². The highest BCUT2D eigenvalue weighted by molar-refractivity contribution is 14.1. The van der Waals surface area contributed by atoms with E-state index < -0.39 is 17.7 Å². The zero-order valence-electron chi connectivity index (χ0n) is 12.1. The summed E-state index contributed by atoms with van der Waals surface area (Å²) in [6.07, 6.45) is 0.970. The second-order valence-electron chi connectivity index (χ2n) is 4.85. The van der Waals surface area contributed by atoms with Crippen molar-refractivity contribution in [2.75, 3.05) is 16.3 Å². The van der Waals surface area contributed by atoms with Gasteiger partial charge in [0.2, 0.25) is 0 Å². The van der Waals surface area contributed by atoms with Crippen LogP contribution in [0, 0.1) is 11.6 Å². The van der Waals surface area contributed by atoms with Crippen LogP contribution in [0.15, 0.2) is 24.4 Å². The number of benzene rings is 1. The topological polar surface area (TPSA) is 96.0 Å². The molecule has 0 saturated carbocycles. The predicted molar refractivity (Wildman–Crippen MR) is 91.5 cm³/mol. The van der Waals surface area contributed by atoms with Crippen LogP contribution in [0.2, 0.25) is 0 Å². The highest BCUT2D eigenvalue weighted by Crippen LogP contribution is 2.26. The summed E-state index contributed by atoms with van der Waals surface area (Å²) >= 11 is 2.06. The van der Waals surface area contributed by atoms with Crippen molar-refractivity contribution in [3.8, 4) is 11.8 Å². The number of hydrogen-bond acceptors (Lipinski definition) is 6. The van der Waals surface area contributed by atoms with Gasteiger partial charge in [0.25, 0.3) is 0 Å². The zero-order chi connectivity index (χ0) is 17.1. The smallest absolute Gasteiger partial charge is 0.326 e. The van der Waals surface area contributed by atoms with Gasteiger partial charge in [-0.2, -0.15) is 15.1 Å². The lowest BCUT2D eigenvalue weighted by molar-refractivity contribution is 0.216. The fraction of sp³-hybridized carbons (Fsp3) is 0.214. The number of ether oxygens (including phenoxy) is 1. The molecule has 0 fully saturated rings. The molecule has 10 heteroatoms. The third kappa shape index (κ3) is 3.70. The quantitative estimate of drug-likeness (QED) is 0.397. The Morgan fingerprint density at radius 3 is 2.92 bits per heavy atom. The molecule has 2 heterocycles. The summed E-state index contributed by atoms with van der Waals surface area (Å²) in [6, 6.07) is 2.80. The molecule has 0 bridgehead atoms. The van der Waals surface area contributed by atoms with Gasteiger partial charge in [-0.1, -0.05) is 22.6 Å². The van der Waals surface area contributed by atoms with Gasteiger partial charge < -0.3 is 15.2 Å². The maximum Gasteiger partial charge on any atom is 0.326 e. The first-order chi connectivity index (χ1) is 11.6. The van der Waals surface area contributed by atoms with Crippen molar-refractivity contribution in [3.63, 3.8) is 0 Å². The van der Waals surface area contributed by atoms with E-state index in [1.165, 1.54) is 6.20 Å². The molecule has 0 spiro atoms. The molecule has 0 radical (unpaired) electrons. The fourth-order valence-corrected chi connectivity index (χ4v) is 2.23. The predicted octanol–water partition coefficient (Wildman–Crippen LogP) is 2.63. The molecule has 0 saturated heterocycles. The second-order valence-corrected chi connectivity index (χ2v) is 5.73. The summed E-state index contributed by atoms with van der Waals surface area (Å²) in [4.78, 5) is 8.25. The highest BCUT2D eigenvalue weighted by atomic mass is 127. The number of anilines is 1. The molecule has 1 aromatic carbocycles. The van der Waals surface area contributed by atoms with Crippen molar-refractivity contribution >= 4 is 39.4 Å². The van der Waals surface area contributed by atoms with Gasteiger partial charge in [0.05, 0.1) is 17.7 Å². The van der Waals surface area contributed by atoms with E-state index in [-0.39, 0.29) is 18.3 Å². The van der Waals surface area contributed by atoms with E-state index in [1.807, 2.05) is 0 Å². The number of hydrogen-bond donors (Lipinski definition) is 3. The summed E-state index contributed by atoms with van der Waals surface area (Å²) in [6.45, 7) is 0.268. The van der Waals surface area contributed by atoms with Gasteiger partial charge in [0.15, 0.2) is 17.2 Å². The van der Waals surface area contributed by atoms with Gasteiger partial charge in [-0.15, -0.1) is 0 Å². The number of aromatic amines is 1. The molecule has 0 aliphatic heterocycles. The van der Waals surface area contributed by atoms with Crippen LogP contribution in [0.3, 0.4) is 0 Å². The molecule has 7 nitrogen and oxygen atoms in total. The monoisotopic (exact) mass is 447 g/mol. The molecule has 0 aliphatic rings. The summed E-state index contributed by atoms with van der Waals surface area (Å²) in [5, 5.41) is 19.8. The van der Waals surface area contributed by atoms with Gasteiger partial charge >= 0.3 is 6.01 Å². The van der Waals surface area contributed by atoms with Crippen LogP contribution in [0.25, 0.3) is 11.0 Å².